The van der Waals surface area contributed by atoms with Gasteiger partial charge in [0.25, 0.3) is 0 Å². The molecule has 0 aliphatic rings. The van der Waals surface area contributed by atoms with Crippen molar-refractivity contribution in [2.75, 3.05) is 0 Å². The molecule has 0 radical (unpaired) electrons. The van der Waals surface area contributed by atoms with E-state index < -0.39 is 14.5 Å². The second-order valence-corrected chi connectivity index (χ2v) is 7.16. The SMILES string of the molecule is CC(Cl)(Cl)S(=O)c1cccs1. The molecule has 0 saturated carbocycles. The summed E-state index contributed by atoms with van der Waals surface area (Å²) in [6, 6.07) is 3.57. The fourth-order valence-corrected chi connectivity index (χ4v) is 3.34. The molecule has 0 spiro atoms. The Labute approximate surface area is 81.8 Å². The van der Waals surface area contributed by atoms with Gasteiger partial charge in [0.2, 0.25) is 0 Å². The predicted molar refractivity (Wildman–Crippen MR) is 50.8 cm³/mol. The summed E-state index contributed by atoms with van der Waals surface area (Å²) in [4.78, 5) is 0. The average Bonchev–Trinajstić information content (AvgIpc) is 2.34. The summed E-state index contributed by atoms with van der Waals surface area (Å²) >= 11 is 12.7. The second kappa shape index (κ2) is 3.44. The summed E-state index contributed by atoms with van der Waals surface area (Å²) in [5.74, 6) is 0. The Kier molecular flexibility index (Phi) is 2.97. The van der Waals surface area contributed by atoms with Crippen LogP contribution in [0.1, 0.15) is 6.92 Å². The summed E-state index contributed by atoms with van der Waals surface area (Å²) in [5.41, 5.74) is 0. The molecule has 0 N–H and O–H groups in total. The largest absolute Gasteiger partial charge is 0.250 e. The maximum absolute atomic E-state index is 11.4. The van der Waals surface area contributed by atoms with Crippen molar-refractivity contribution >= 4 is 45.3 Å². The van der Waals surface area contributed by atoms with Gasteiger partial charge < -0.3 is 0 Å². The van der Waals surface area contributed by atoms with Crippen molar-refractivity contribution in [3.8, 4) is 0 Å². The summed E-state index contributed by atoms with van der Waals surface area (Å²) in [7, 11) is -1.32. The first-order valence-corrected chi connectivity index (χ1v) is 5.63. The highest BCUT2D eigenvalue weighted by Gasteiger charge is 2.27. The van der Waals surface area contributed by atoms with Crippen LogP contribution in [0.2, 0.25) is 0 Å². The molecule has 0 bridgehead atoms. The van der Waals surface area contributed by atoms with E-state index in [2.05, 4.69) is 0 Å². The number of hydrogen-bond acceptors (Lipinski definition) is 2. The monoisotopic (exact) mass is 228 g/mol. The topological polar surface area (TPSA) is 17.1 Å². The van der Waals surface area contributed by atoms with Crippen LogP contribution in [0.4, 0.5) is 0 Å². The first kappa shape index (κ1) is 9.52. The molecule has 1 rings (SSSR count). The number of alkyl halides is 2. The minimum atomic E-state index is -1.32. The van der Waals surface area contributed by atoms with Crippen LogP contribution in [0.15, 0.2) is 21.7 Å². The van der Waals surface area contributed by atoms with E-state index in [0.717, 1.165) is 0 Å². The van der Waals surface area contributed by atoms with E-state index in [4.69, 9.17) is 23.2 Å². The molecule has 1 atom stereocenters. The molecule has 1 aromatic rings. The van der Waals surface area contributed by atoms with Crippen LogP contribution in [0.5, 0.6) is 0 Å². The van der Waals surface area contributed by atoms with Crippen LogP contribution < -0.4 is 0 Å². The fraction of sp³-hybridized carbons (Fsp3) is 0.333. The van der Waals surface area contributed by atoms with Crippen molar-refractivity contribution in [1.29, 1.82) is 0 Å². The van der Waals surface area contributed by atoms with E-state index in [9.17, 15) is 4.21 Å². The third kappa shape index (κ3) is 2.44. The molecule has 0 fully saturated rings. The van der Waals surface area contributed by atoms with Crippen LogP contribution in [0.25, 0.3) is 0 Å². The zero-order valence-electron chi connectivity index (χ0n) is 5.71. The number of hydrogen-bond donors (Lipinski definition) is 0. The molecular formula is C6H6Cl2OS2. The van der Waals surface area contributed by atoms with Crippen molar-refractivity contribution in [2.45, 2.75) is 14.8 Å². The highest BCUT2D eigenvalue weighted by molar-refractivity contribution is 7.91. The Morgan fingerprint density at radius 2 is 2.27 bits per heavy atom. The number of rotatable bonds is 2. The van der Waals surface area contributed by atoms with Gasteiger partial charge >= 0.3 is 0 Å². The van der Waals surface area contributed by atoms with E-state index in [1.54, 1.807) is 6.07 Å². The third-order valence-corrected chi connectivity index (χ3v) is 4.40. The third-order valence-electron chi connectivity index (χ3n) is 1.00. The molecule has 0 aromatic carbocycles. The van der Waals surface area contributed by atoms with Crippen molar-refractivity contribution in [3.05, 3.63) is 17.5 Å². The lowest BCUT2D eigenvalue weighted by Gasteiger charge is -2.09. The van der Waals surface area contributed by atoms with Crippen molar-refractivity contribution < 1.29 is 4.21 Å². The number of thiophene rings is 1. The summed E-state index contributed by atoms with van der Waals surface area (Å²) in [6.45, 7) is 1.52. The molecule has 11 heavy (non-hydrogen) atoms. The maximum atomic E-state index is 11.4. The molecule has 62 valence electrons. The second-order valence-electron chi connectivity index (χ2n) is 2.01. The van der Waals surface area contributed by atoms with Crippen LogP contribution in [0, 0.1) is 0 Å². The Morgan fingerprint density at radius 3 is 2.64 bits per heavy atom. The predicted octanol–water partition coefficient (Wildman–Crippen LogP) is 3.01. The van der Waals surface area contributed by atoms with Gasteiger partial charge in [0, 0.05) is 0 Å². The van der Waals surface area contributed by atoms with Crippen LogP contribution in [-0.2, 0) is 10.8 Å². The summed E-state index contributed by atoms with van der Waals surface area (Å²) in [5, 5.41) is 1.84. The molecule has 1 heterocycles. The summed E-state index contributed by atoms with van der Waals surface area (Å²) in [6.07, 6.45) is 0. The Morgan fingerprint density at radius 1 is 1.64 bits per heavy atom. The number of halogens is 2. The van der Waals surface area contributed by atoms with Crippen LogP contribution >= 0.6 is 34.5 Å². The van der Waals surface area contributed by atoms with Crippen LogP contribution in [-0.4, -0.2) is 7.87 Å². The fourth-order valence-electron chi connectivity index (χ4n) is 0.546. The quantitative estimate of drug-likeness (QED) is 0.712. The van der Waals surface area contributed by atoms with Gasteiger partial charge in [-0.15, -0.1) is 11.3 Å². The van der Waals surface area contributed by atoms with E-state index in [1.807, 2.05) is 11.4 Å². The molecule has 1 unspecified atom stereocenters. The first-order valence-electron chi connectivity index (χ1n) is 2.85. The molecule has 1 nitrogen and oxygen atoms in total. The van der Waals surface area contributed by atoms with Gasteiger partial charge in [-0.3, -0.25) is 4.21 Å². The van der Waals surface area contributed by atoms with E-state index in [1.165, 1.54) is 18.3 Å². The molecule has 0 amide bonds. The van der Waals surface area contributed by atoms with Gasteiger partial charge in [0.1, 0.15) is 0 Å². The highest BCUT2D eigenvalue weighted by atomic mass is 35.5. The lowest BCUT2D eigenvalue weighted by molar-refractivity contribution is 0.681. The van der Waals surface area contributed by atoms with Gasteiger partial charge in [-0.1, -0.05) is 29.3 Å². The van der Waals surface area contributed by atoms with E-state index in [-0.39, 0.29) is 0 Å². The molecular weight excluding hydrogens is 223 g/mol. The Balaban J connectivity index is 2.88. The van der Waals surface area contributed by atoms with Gasteiger partial charge in [0.15, 0.2) is 3.67 Å². The lowest BCUT2D eigenvalue weighted by Crippen LogP contribution is -2.13. The summed E-state index contributed by atoms with van der Waals surface area (Å²) < 4.78 is 10.9. The smallest absolute Gasteiger partial charge is 0.194 e. The Bertz CT molecular complexity index is 250. The molecule has 0 saturated heterocycles. The Hall–Kier alpha value is 0.430. The van der Waals surface area contributed by atoms with E-state index in [0.29, 0.717) is 4.21 Å². The van der Waals surface area contributed by atoms with Gasteiger partial charge in [-0.2, -0.15) is 0 Å². The van der Waals surface area contributed by atoms with Crippen molar-refractivity contribution in [1.82, 2.24) is 0 Å². The standard InChI is InChI=1S/C6H6Cl2OS2/c1-6(7,8)11(9)5-3-2-4-10-5/h2-4H,1H3. The lowest BCUT2D eigenvalue weighted by atomic mass is 10.7. The van der Waals surface area contributed by atoms with Crippen molar-refractivity contribution in [2.24, 2.45) is 0 Å². The van der Waals surface area contributed by atoms with Gasteiger partial charge in [0.05, 0.1) is 15.0 Å². The first-order chi connectivity index (χ1) is 5.02. The average molecular weight is 229 g/mol. The molecule has 0 aliphatic heterocycles. The van der Waals surface area contributed by atoms with Crippen molar-refractivity contribution in [3.63, 3.8) is 0 Å². The molecule has 1 aromatic heterocycles. The zero-order valence-corrected chi connectivity index (χ0v) is 8.86. The minimum absolute atomic E-state index is 0.706. The molecule has 5 heteroatoms. The zero-order chi connectivity index (χ0) is 8.48. The van der Waals surface area contributed by atoms with Gasteiger partial charge in [-0.05, 0) is 18.4 Å². The van der Waals surface area contributed by atoms with E-state index >= 15 is 0 Å². The molecule has 0 aliphatic carbocycles. The minimum Gasteiger partial charge on any atom is -0.250 e. The highest BCUT2D eigenvalue weighted by Crippen LogP contribution is 2.31. The normalized spacial score (nSPS) is 14.8. The maximum Gasteiger partial charge on any atom is 0.194 e. The van der Waals surface area contributed by atoms with Crippen LogP contribution in [0.3, 0.4) is 0 Å². The van der Waals surface area contributed by atoms with Gasteiger partial charge in [-0.25, -0.2) is 0 Å².